The summed E-state index contributed by atoms with van der Waals surface area (Å²) in [5, 5.41) is 4.86. The van der Waals surface area contributed by atoms with Crippen molar-refractivity contribution in [1.82, 2.24) is 10.3 Å². The van der Waals surface area contributed by atoms with Gasteiger partial charge in [-0.3, -0.25) is 0 Å². The number of aryl methyl sites for hydroxylation is 1. The van der Waals surface area contributed by atoms with E-state index in [0.29, 0.717) is 0 Å². The molecule has 0 spiro atoms. The number of hydrogen-bond donors (Lipinski definition) is 1. The molecule has 0 fully saturated rings. The number of aromatic nitrogens is 1. The molecule has 3 heteroatoms. The molecule has 1 N–H and O–H groups in total. The average molecular weight is 226 g/mol. The van der Waals surface area contributed by atoms with Crippen LogP contribution in [0, 0.1) is 0 Å². The molecule has 0 aliphatic rings. The van der Waals surface area contributed by atoms with Crippen molar-refractivity contribution in [3.8, 4) is 0 Å². The first-order chi connectivity index (χ1) is 7.13. The highest BCUT2D eigenvalue weighted by molar-refractivity contribution is 7.11. The van der Waals surface area contributed by atoms with E-state index in [1.807, 2.05) is 17.5 Å². The summed E-state index contributed by atoms with van der Waals surface area (Å²) in [4.78, 5) is 5.71. The molecule has 86 valence electrons. The van der Waals surface area contributed by atoms with E-state index < -0.39 is 0 Å². The van der Waals surface area contributed by atoms with Crippen molar-refractivity contribution in [1.29, 1.82) is 0 Å². The Kier molecular flexibility index (Phi) is 4.74. The van der Waals surface area contributed by atoms with E-state index in [9.17, 15) is 0 Å². The quantitative estimate of drug-likeness (QED) is 0.804. The Hall–Kier alpha value is -0.410. The van der Waals surface area contributed by atoms with Crippen LogP contribution in [0.5, 0.6) is 0 Å². The summed E-state index contributed by atoms with van der Waals surface area (Å²) in [6.07, 6.45) is 5.39. The molecular formula is C12H22N2S. The van der Waals surface area contributed by atoms with Crippen LogP contribution in [0.3, 0.4) is 0 Å². The maximum Gasteiger partial charge on any atom is 0.0925 e. The average Bonchev–Trinajstić information content (AvgIpc) is 2.74. The van der Waals surface area contributed by atoms with Gasteiger partial charge in [-0.15, -0.1) is 11.3 Å². The van der Waals surface area contributed by atoms with E-state index in [2.05, 4.69) is 38.0 Å². The SMILES string of the molecule is CCc1ncc(CNC(C)(CC)CC)s1. The molecule has 0 amide bonds. The fourth-order valence-electron chi connectivity index (χ4n) is 1.39. The molecule has 0 unspecified atom stereocenters. The van der Waals surface area contributed by atoms with Gasteiger partial charge in [0.1, 0.15) is 0 Å². The zero-order chi connectivity index (χ0) is 11.3. The van der Waals surface area contributed by atoms with Crippen molar-refractivity contribution in [2.45, 2.75) is 59.0 Å². The van der Waals surface area contributed by atoms with Crippen LogP contribution in [0.25, 0.3) is 0 Å². The lowest BCUT2D eigenvalue weighted by molar-refractivity contribution is 0.330. The molecule has 1 aromatic heterocycles. The first-order valence-electron chi connectivity index (χ1n) is 5.82. The number of thiazole rings is 1. The molecule has 1 heterocycles. The van der Waals surface area contributed by atoms with Gasteiger partial charge in [0, 0.05) is 23.2 Å². The summed E-state index contributed by atoms with van der Waals surface area (Å²) >= 11 is 1.82. The van der Waals surface area contributed by atoms with Gasteiger partial charge < -0.3 is 5.32 Å². The normalized spacial score (nSPS) is 12.0. The van der Waals surface area contributed by atoms with Crippen LogP contribution in [0.2, 0.25) is 0 Å². The van der Waals surface area contributed by atoms with Gasteiger partial charge in [0.2, 0.25) is 0 Å². The largest absolute Gasteiger partial charge is 0.307 e. The lowest BCUT2D eigenvalue weighted by Crippen LogP contribution is -2.40. The summed E-state index contributed by atoms with van der Waals surface area (Å²) in [5.41, 5.74) is 0.274. The molecule has 1 rings (SSSR count). The highest BCUT2D eigenvalue weighted by Gasteiger charge is 2.18. The van der Waals surface area contributed by atoms with Crippen molar-refractivity contribution in [2.75, 3.05) is 0 Å². The van der Waals surface area contributed by atoms with Gasteiger partial charge in [-0.2, -0.15) is 0 Å². The van der Waals surface area contributed by atoms with Gasteiger partial charge >= 0.3 is 0 Å². The van der Waals surface area contributed by atoms with Crippen molar-refractivity contribution < 1.29 is 0 Å². The summed E-state index contributed by atoms with van der Waals surface area (Å²) in [5.74, 6) is 0. The molecule has 0 radical (unpaired) electrons. The molecule has 1 aromatic rings. The van der Waals surface area contributed by atoms with Crippen LogP contribution in [0.4, 0.5) is 0 Å². The third kappa shape index (κ3) is 3.58. The minimum atomic E-state index is 0.274. The Morgan fingerprint density at radius 3 is 2.47 bits per heavy atom. The Morgan fingerprint density at radius 1 is 1.33 bits per heavy atom. The zero-order valence-corrected chi connectivity index (χ0v) is 11.1. The molecule has 0 aliphatic heterocycles. The van der Waals surface area contributed by atoms with Crippen LogP contribution >= 0.6 is 11.3 Å². The lowest BCUT2D eigenvalue weighted by atomic mass is 9.96. The lowest BCUT2D eigenvalue weighted by Gasteiger charge is -2.28. The summed E-state index contributed by atoms with van der Waals surface area (Å²) in [7, 11) is 0. The molecule has 0 saturated heterocycles. The Labute approximate surface area is 97.1 Å². The van der Waals surface area contributed by atoms with Crippen molar-refractivity contribution in [2.24, 2.45) is 0 Å². The van der Waals surface area contributed by atoms with Gasteiger partial charge in [0.15, 0.2) is 0 Å². The predicted octanol–water partition coefficient (Wildman–Crippen LogP) is 3.37. The fraction of sp³-hybridized carbons (Fsp3) is 0.750. The number of nitrogens with zero attached hydrogens (tertiary/aromatic N) is 1. The maximum absolute atomic E-state index is 4.37. The molecule has 0 bridgehead atoms. The molecule has 0 aliphatic carbocycles. The van der Waals surface area contributed by atoms with Crippen LogP contribution in [-0.4, -0.2) is 10.5 Å². The Bertz CT molecular complexity index is 290. The van der Waals surface area contributed by atoms with Crippen LogP contribution in [0.15, 0.2) is 6.20 Å². The van der Waals surface area contributed by atoms with E-state index in [4.69, 9.17) is 0 Å². The number of rotatable bonds is 6. The topological polar surface area (TPSA) is 24.9 Å². The first-order valence-corrected chi connectivity index (χ1v) is 6.63. The molecule has 0 aromatic carbocycles. The van der Waals surface area contributed by atoms with E-state index in [1.54, 1.807) is 0 Å². The molecule has 2 nitrogen and oxygen atoms in total. The molecular weight excluding hydrogens is 204 g/mol. The van der Waals surface area contributed by atoms with Gasteiger partial charge in [-0.05, 0) is 26.2 Å². The Balaban J connectivity index is 2.49. The third-order valence-electron chi connectivity index (χ3n) is 3.15. The first kappa shape index (κ1) is 12.7. The van der Waals surface area contributed by atoms with E-state index >= 15 is 0 Å². The number of nitrogens with one attached hydrogen (secondary N) is 1. The van der Waals surface area contributed by atoms with Gasteiger partial charge in [0.25, 0.3) is 0 Å². The van der Waals surface area contributed by atoms with Crippen molar-refractivity contribution in [3.05, 3.63) is 16.1 Å². The third-order valence-corrected chi connectivity index (χ3v) is 4.30. The van der Waals surface area contributed by atoms with Gasteiger partial charge in [-0.1, -0.05) is 20.8 Å². The standard InChI is InChI=1S/C12H22N2S/c1-5-11-13-8-10(15-11)9-14-12(4,6-2)7-3/h8,14H,5-7,9H2,1-4H3. The Morgan fingerprint density at radius 2 is 2.00 bits per heavy atom. The highest BCUT2D eigenvalue weighted by atomic mass is 32.1. The smallest absolute Gasteiger partial charge is 0.0925 e. The zero-order valence-electron chi connectivity index (χ0n) is 10.3. The monoisotopic (exact) mass is 226 g/mol. The van der Waals surface area contributed by atoms with Crippen LogP contribution < -0.4 is 5.32 Å². The van der Waals surface area contributed by atoms with Crippen molar-refractivity contribution in [3.63, 3.8) is 0 Å². The molecule has 15 heavy (non-hydrogen) atoms. The second kappa shape index (κ2) is 5.61. The highest BCUT2D eigenvalue weighted by Crippen LogP contribution is 2.17. The second-order valence-corrected chi connectivity index (χ2v) is 5.39. The fourth-order valence-corrected chi connectivity index (χ4v) is 2.20. The molecule has 0 atom stereocenters. The van der Waals surface area contributed by atoms with E-state index in [-0.39, 0.29) is 5.54 Å². The summed E-state index contributed by atoms with van der Waals surface area (Å²) < 4.78 is 0. The summed E-state index contributed by atoms with van der Waals surface area (Å²) in [6, 6.07) is 0. The predicted molar refractivity (Wildman–Crippen MR) is 67.3 cm³/mol. The van der Waals surface area contributed by atoms with E-state index in [0.717, 1.165) is 13.0 Å². The molecule has 0 saturated carbocycles. The second-order valence-electron chi connectivity index (χ2n) is 4.20. The van der Waals surface area contributed by atoms with E-state index in [1.165, 1.54) is 22.7 Å². The van der Waals surface area contributed by atoms with Gasteiger partial charge in [-0.25, -0.2) is 4.98 Å². The maximum atomic E-state index is 4.37. The minimum Gasteiger partial charge on any atom is -0.307 e. The van der Waals surface area contributed by atoms with Crippen molar-refractivity contribution >= 4 is 11.3 Å². The minimum absolute atomic E-state index is 0.274. The van der Waals surface area contributed by atoms with Gasteiger partial charge in [0.05, 0.1) is 5.01 Å². The number of hydrogen-bond acceptors (Lipinski definition) is 3. The van der Waals surface area contributed by atoms with Crippen LogP contribution in [0.1, 0.15) is 50.4 Å². The summed E-state index contributed by atoms with van der Waals surface area (Å²) in [6.45, 7) is 9.87. The van der Waals surface area contributed by atoms with Crippen LogP contribution in [-0.2, 0) is 13.0 Å².